The van der Waals surface area contributed by atoms with Crippen LogP contribution < -0.4 is 5.32 Å². The maximum atomic E-state index is 12.0. The Morgan fingerprint density at radius 2 is 1.81 bits per heavy atom. The lowest BCUT2D eigenvalue weighted by Crippen LogP contribution is -2.14. The molecule has 26 heavy (non-hydrogen) atoms. The average Bonchev–Trinajstić information content (AvgIpc) is 3.10. The van der Waals surface area contributed by atoms with E-state index in [1.54, 1.807) is 36.4 Å². The number of hydrogen-bond acceptors (Lipinski definition) is 5. The second kappa shape index (κ2) is 8.16. The quantitative estimate of drug-likeness (QED) is 0.492. The van der Waals surface area contributed by atoms with E-state index in [-0.39, 0.29) is 17.4 Å². The molecule has 132 valence electrons. The third kappa shape index (κ3) is 4.71. The Hall–Kier alpha value is -2.64. The van der Waals surface area contributed by atoms with Gasteiger partial charge in [-0.3, -0.25) is 14.7 Å². The lowest BCUT2D eigenvalue weighted by atomic mass is 10.1. The van der Waals surface area contributed by atoms with Gasteiger partial charge in [-0.05, 0) is 55.5 Å². The summed E-state index contributed by atoms with van der Waals surface area (Å²) in [6, 6.07) is 14.0. The van der Waals surface area contributed by atoms with E-state index in [0.717, 1.165) is 5.56 Å². The van der Waals surface area contributed by atoms with Crippen molar-refractivity contribution in [2.45, 2.75) is 12.1 Å². The molecule has 1 heterocycles. The van der Waals surface area contributed by atoms with E-state index in [2.05, 4.69) is 20.5 Å². The minimum Gasteiger partial charge on any atom is -0.325 e. The van der Waals surface area contributed by atoms with Gasteiger partial charge in [-0.15, -0.1) is 5.10 Å². The van der Waals surface area contributed by atoms with Crippen LogP contribution in [0.4, 0.5) is 5.69 Å². The fourth-order valence-corrected chi connectivity index (χ4v) is 2.89. The van der Waals surface area contributed by atoms with Crippen molar-refractivity contribution in [1.82, 2.24) is 15.2 Å². The fourth-order valence-electron chi connectivity index (χ4n) is 2.16. The third-order valence-electron chi connectivity index (χ3n) is 3.49. The first kappa shape index (κ1) is 18.2. The van der Waals surface area contributed by atoms with Gasteiger partial charge in [0.05, 0.1) is 5.75 Å². The summed E-state index contributed by atoms with van der Waals surface area (Å²) in [6.07, 6.45) is 0. The van der Waals surface area contributed by atoms with Crippen molar-refractivity contribution in [1.29, 1.82) is 0 Å². The number of aromatic nitrogens is 3. The highest BCUT2D eigenvalue weighted by atomic mass is 35.5. The summed E-state index contributed by atoms with van der Waals surface area (Å²) in [5.41, 5.74) is 2.11. The van der Waals surface area contributed by atoms with E-state index in [0.29, 0.717) is 27.3 Å². The second-order valence-corrected chi connectivity index (χ2v) is 6.82. The van der Waals surface area contributed by atoms with Crippen molar-refractivity contribution < 1.29 is 9.59 Å². The van der Waals surface area contributed by atoms with Gasteiger partial charge in [-0.25, -0.2) is 4.98 Å². The molecule has 0 spiro atoms. The Labute approximate surface area is 159 Å². The Bertz CT molecular complexity index is 923. The largest absolute Gasteiger partial charge is 0.325 e. The van der Waals surface area contributed by atoms with Gasteiger partial charge in [0.2, 0.25) is 11.1 Å². The molecule has 3 aromatic rings. The summed E-state index contributed by atoms with van der Waals surface area (Å²) < 4.78 is 0. The predicted molar refractivity (Wildman–Crippen MR) is 103 cm³/mol. The smallest absolute Gasteiger partial charge is 0.234 e. The molecule has 1 aromatic heterocycles. The molecular formula is C18H15ClN4O2S. The summed E-state index contributed by atoms with van der Waals surface area (Å²) in [4.78, 5) is 27.6. The molecule has 0 aliphatic carbocycles. The number of anilines is 1. The van der Waals surface area contributed by atoms with Crippen LogP contribution in [0.15, 0.2) is 53.7 Å². The minimum absolute atomic E-state index is 0.0143. The Morgan fingerprint density at radius 3 is 2.46 bits per heavy atom. The lowest BCUT2D eigenvalue weighted by Gasteiger charge is -2.04. The summed E-state index contributed by atoms with van der Waals surface area (Å²) >= 11 is 7.10. The van der Waals surface area contributed by atoms with E-state index >= 15 is 0 Å². The Balaban J connectivity index is 1.54. The number of H-pyrrole nitrogens is 1. The zero-order valence-electron chi connectivity index (χ0n) is 13.8. The number of amides is 1. The molecule has 8 heteroatoms. The van der Waals surface area contributed by atoms with Gasteiger partial charge < -0.3 is 5.32 Å². The molecule has 1 amide bonds. The number of hydrogen-bond donors (Lipinski definition) is 2. The minimum atomic E-state index is -0.177. The number of benzene rings is 2. The number of thioether (sulfide) groups is 1. The number of carbonyl (C=O) groups is 2. The number of ketones is 1. The van der Waals surface area contributed by atoms with Gasteiger partial charge in [0, 0.05) is 21.8 Å². The first-order valence-corrected chi connectivity index (χ1v) is 9.09. The highest BCUT2D eigenvalue weighted by Gasteiger charge is 2.09. The van der Waals surface area contributed by atoms with Gasteiger partial charge in [-0.2, -0.15) is 0 Å². The van der Waals surface area contributed by atoms with Gasteiger partial charge >= 0.3 is 0 Å². The zero-order chi connectivity index (χ0) is 18.5. The second-order valence-electron chi connectivity index (χ2n) is 5.44. The SMILES string of the molecule is CC(=O)c1ccc(NC(=O)CSc2n[nH]c(-c3ccc(Cl)cc3)n2)cc1. The van der Waals surface area contributed by atoms with Crippen molar-refractivity contribution in [2.75, 3.05) is 11.1 Å². The number of nitrogens with zero attached hydrogens (tertiary/aromatic N) is 2. The van der Waals surface area contributed by atoms with Crippen LogP contribution in [0.2, 0.25) is 5.02 Å². The van der Waals surface area contributed by atoms with Crippen LogP contribution >= 0.6 is 23.4 Å². The average molecular weight is 387 g/mol. The molecule has 0 aliphatic rings. The number of Topliss-reactive ketones (excluding diaryl/α,β-unsaturated/α-hetero) is 1. The molecule has 0 saturated carbocycles. The van der Waals surface area contributed by atoms with E-state index in [1.807, 2.05) is 12.1 Å². The Kier molecular flexibility index (Phi) is 5.70. The van der Waals surface area contributed by atoms with E-state index in [4.69, 9.17) is 11.6 Å². The maximum absolute atomic E-state index is 12.0. The molecule has 6 nitrogen and oxygen atoms in total. The molecule has 0 atom stereocenters. The van der Waals surface area contributed by atoms with Gasteiger partial charge in [0.1, 0.15) is 0 Å². The molecule has 3 rings (SSSR count). The van der Waals surface area contributed by atoms with Crippen LogP contribution in [0.1, 0.15) is 17.3 Å². The van der Waals surface area contributed by atoms with Gasteiger partial charge in [-0.1, -0.05) is 23.4 Å². The van der Waals surface area contributed by atoms with Crippen molar-refractivity contribution in [3.8, 4) is 11.4 Å². The number of rotatable bonds is 6. The van der Waals surface area contributed by atoms with Crippen LogP contribution in [-0.4, -0.2) is 32.6 Å². The first-order valence-electron chi connectivity index (χ1n) is 7.73. The van der Waals surface area contributed by atoms with Crippen LogP contribution in [0.25, 0.3) is 11.4 Å². The van der Waals surface area contributed by atoms with E-state index < -0.39 is 0 Å². The molecule has 0 radical (unpaired) electrons. The van der Waals surface area contributed by atoms with Crippen molar-refractivity contribution in [3.63, 3.8) is 0 Å². The number of nitrogens with one attached hydrogen (secondary N) is 2. The number of carbonyl (C=O) groups excluding carboxylic acids is 2. The van der Waals surface area contributed by atoms with Gasteiger partial charge in [0.15, 0.2) is 11.6 Å². The molecule has 0 saturated heterocycles. The van der Waals surface area contributed by atoms with Crippen LogP contribution in [0.5, 0.6) is 0 Å². The molecule has 0 aliphatic heterocycles. The van der Waals surface area contributed by atoms with Crippen molar-refractivity contribution in [2.24, 2.45) is 0 Å². The molecule has 2 N–H and O–H groups in total. The first-order chi connectivity index (χ1) is 12.5. The summed E-state index contributed by atoms with van der Waals surface area (Å²) in [6.45, 7) is 1.50. The monoisotopic (exact) mass is 386 g/mol. The summed E-state index contributed by atoms with van der Waals surface area (Å²) in [7, 11) is 0. The Morgan fingerprint density at radius 1 is 1.12 bits per heavy atom. The molecular weight excluding hydrogens is 372 g/mol. The third-order valence-corrected chi connectivity index (χ3v) is 4.59. The number of aromatic amines is 1. The van der Waals surface area contributed by atoms with E-state index in [1.165, 1.54) is 18.7 Å². The normalized spacial score (nSPS) is 10.5. The van der Waals surface area contributed by atoms with E-state index in [9.17, 15) is 9.59 Å². The fraction of sp³-hybridized carbons (Fsp3) is 0.111. The predicted octanol–water partition coefficient (Wildman–Crippen LogP) is 4.06. The topological polar surface area (TPSA) is 87.7 Å². The molecule has 0 unspecified atom stereocenters. The van der Waals surface area contributed by atoms with Crippen molar-refractivity contribution >= 4 is 40.7 Å². The maximum Gasteiger partial charge on any atom is 0.234 e. The van der Waals surface area contributed by atoms with Crippen LogP contribution in [0.3, 0.4) is 0 Å². The summed E-state index contributed by atoms with van der Waals surface area (Å²) in [5.74, 6) is 0.596. The van der Waals surface area contributed by atoms with Crippen molar-refractivity contribution in [3.05, 3.63) is 59.1 Å². The zero-order valence-corrected chi connectivity index (χ0v) is 15.4. The summed E-state index contributed by atoms with van der Waals surface area (Å²) in [5, 5.41) is 10.8. The highest BCUT2D eigenvalue weighted by molar-refractivity contribution is 7.99. The number of halogens is 1. The molecule has 0 fully saturated rings. The standard InChI is InChI=1S/C18H15ClN4O2S/c1-11(24)12-4-8-15(9-5-12)20-16(25)10-26-18-21-17(22-23-18)13-2-6-14(19)7-3-13/h2-9H,10H2,1H3,(H,20,25)(H,21,22,23). The molecule has 0 bridgehead atoms. The van der Waals surface area contributed by atoms with Crippen LogP contribution in [-0.2, 0) is 4.79 Å². The molecule has 2 aromatic carbocycles. The van der Waals surface area contributed by atoms with Gasteiger partial charge in [0.25, 0.3) is 0 Å². The van der Waals surface area contributed by atoms with Crippen LogP contribution in [0, 0.1) is 0 Å². The highest BCUT2D eigenvalue weighted by Crippen LogP contribution is 2.21. The lowest BCUT2D eigenvalue weighted by molar-refractivity contribution is -0.113.